The highest BCUT2D eigenvalue weighted by molar-refractivity contribution is 5.93. The average Bonchev–Trinajstić information content (AvgIpc) is 3.29. The van der Waals surface area contributed by atoms with Crippen molar-refractivity contribution in [3.05, 3.63) is 24.3 Å². The summed E-state index contributed by atoms with van der Waals surface area (Å²) in [5, 5.41) is 3.06. The van der Waals surface area contributed by atoms with Crippen molar-refractivity contribution in [3.8, 4) is 0 Å². The monoisotopic (exact) mass is 385 g/mol. The summed E-state index contributed by atoms with van der Waals surface area (Å²) in [6.45, 7) is 4.98. The molecule has 6 heteroatoms. The summed E-state index contributed by atoms with van der Waals surface area (Å²) in [6, 6.07) is 8.18. The van der Waals surface area contributed by atoms with Gasteiger partial charge in [-0.25, -0.2) is 0 Å². The second-order valence-electron chi connectivity index (χ2n) is 8.22. The number of hydrogen-bond donors (Lipinski definition) is 1. The largest absolute Gasteiger partial charge is 0.381 e. The van der Waals surface area contributed by atoms with Crippen LogP contribution in [0.5, 0.6) is 0 Å². The van der Waals surface area contributed by atoms with Crippen molar-refractivity contribution >= 4 is 23.2 Å². The summed E-state index contributed by atoms with van der Waals surface area (Å²) in [5.41, 5.74) is 2.09. The zero-order chi connectivity index (χ0) is 19.3. The van der Waals surface area contributed by atoms with Gasteiger partial charge in [-0.3, -0.25) is 9.59 Å². The molecule has 0 aromatic heterocycles. The molecule has 0 atom stereocenters. The van der Waals surface area contributed by atoms with Gasteiger partial charge in [0, 0.05) is 62.6 Å². The molecule has 2 amide bonds. The van der Waals surface area contributed by atoms with Gasteiger partial charge < -0.3 is 19.9 Å². The molecular formula is C22H31N3O3. The van der Waals surface area contributed by atoms with Crippen LogP contribution in [0.25, 0.3) is 0 Å². The van der Waals surface area contributed by atoms with Crippen molar-refractivity contribution < 1.29 is 14.3 Å². The Kier molecular flexibility index (Phi) is 6.15. The third kappa shape index (κ3) is 4.49. The highest BCUT2D eigenvalue weighted by atomic mass is 16.5. The molecule has 3 aliphatic rings. The Labute approximate surface area is 167 Å². The predicted octanol–water partition coefficient (Wildman–Crippen LogP) is 2.89. The quantitative estimate of drug-likeness (QED) is 0.866. The van der Waals surface area contributed by atoms with Crippen LogP contribution < -0.4 is 10.2 Å². The van der Waals surface area contributed by atoms with Gasteiger partial charge in [0.1, 0.15) is 0 Å². The first-order valence-electron chi connectivity index (χ1n) is 10.7. The van der Waals surface area contributed by atoms with Crippen LogP contribution in [0.3, 0.4) is 0 Å². The Balaban J connectivity index is 1.25. The Hall–Kier alpha value is -2.08. The number of rotatable bonds is 4. The molecule has 1 aromatic rings. The molecule has 28 heavy (non-hydrogen) atoms. The van der Waals surface area contributed by atoms with Crippen molar-refractivity contribution in [2.75, 3.05) is 49.6 Å². The second kappa shape index (κ2) is 8.95. The van der Waals surface area contributed by atoms with Gasteiger partial charge in [-0.1, -0.05) is 0 Å². The van der Waals surface area contributed by atoms with Crippen molar-refractivity contribution in [1.29, 1.82) is 0 Å². The number of hydrogen-bond acceptors (Lipinski definition) is 4. The molecular weight excluding hydrogens is 354 g/mol. The number of likely N-dealkylation sites (tertiary alicyclic amines) is 1. The normalized spacial score (nSPS) is 21.7. The number of ether oxygens (including phenoxy) is 1. The van der Waals surface area contributed by atoms with Crippen LogP contribution in [0.2, 0.25) is 0 Å². The van der Waals surface area contributed by atoms with E-state index in [4.69, 9.17) is 4.74 Å². The van der Waals surface area contributed by atoms with E-state index in [1.165, 1.54) is 18.5 Å². The molecule has 4 rings (SSSR count). The van der Waals surface area contributed by atoms with Gasteiger partial charge >= 0.3 is 0 Å². The van der Waals surface area contributed by atoms with E-state index in [0.717, 1.165) is 44.5 Å². The molecule has 3 aliphatic heterocycles. The van der Waals surface area contributed by atoms with Gasteiger partial charge in [-0.05, 0) is 62.8 Å². The maximum Gasteiger partial charge on any atom is 0.227 e. The highest BCUT2D eigenvalue weighted by Gasteiger charge is 2.31. The molecule has 6 nitrogen and oxygen atoms in total. The number of carbonyl (C=O) groups is 2. The molecule has 3 saturated heterocycles. The van der Waals surface area contributed by atoms with E-state index in [-0.39, 0.29) is 23.7 Å². The van der Waals surface area contributed by atoms with E-state index in [1.807, 2.05) is 17.0 Å². The first-order chi connectivity index (χ1) is 13.7. The maximum atomic E-state index is 12.6. The lowest BCUT2D eigenvalue weighted by Crippen LogP contribution is -2.45. The zero-order valence-electron chi connectivity index (χ0n) is 16.6. The molecule has 1 N–H and O–H groups in total. The fourth-order valence-electron chi connectivity index (χ4n) is 4.54. The topological polar surface area (TPSA) is 61.9 Å². The third-order valence-electron chi connectivity index (χ3n) is 6.35. The summed E-state index contributed by atoms with van der Waals surface area (Å²) in [6.07, 6.45) is 5.65. The Bertz CT molecular complexity index is 671. The van der Waals surface area contributed by atoms with Crippen LogP contribution in [-0.4, -0.2) is 56.1 Å². The molecule has 0 spiro atoms. The summed E-state index contributed by atoms with van der Waals surface area (Å²) in [5.74, 6) is 0.414. The standard InChI is InChI=1S/C22H31N3O3/c26-21(23-19-3-5-20(6-4-19)24-11-1-2-12-24)17-7-13-25(14-8-17)22(27)18-9-15-28-16-10-18/h3-6,17-18H,1-2,7-16H2,(H,23,26). The molecule has 152 valence electrons. The van der Waals surface area contributed by atoms with Crippen LogP contribution >= 0.6 is 0 Å². The van der Waals surface area contributed by atoms with Gasteiger partial charge in [0.05, 0.1) is 0 Å². The lowest BCUT2D eigenvalue weighted by molar-refractivity contribution is -0.141. The van der Waals surface area contributed by atoms with Crippen molar-refractivity contribution in [1.82, 2.24) is 4.90 Å². The van der Waals surface area contributed by atoms with Gasteiger partial charge in [-0.2, -0.15) is 0 Å². The van der Waals surface area contributed by atoms with Crippen LogP contribution in [-0.2, 0) is 14.3 Å². The first kappa shape index (κ1) is 19.2. The molecule has 0 unspecified atom stereocenters. The first-order valence-corrected chi connectivity index (χ1v) is 10.7. The van der Waals surface area contributed by atoms with E-state index in [9.17, 15) is 9.59 Å². The lowest BCUT2D eigenvalue weighted by atomic mass is 9.93. The predicted molar refractivity (Wildman–Crippen MR) is 109 cm³/mol. The smallest absolute Gasteiger partial charge is 0.227 e. The number of amides is 2. The number of nitrogens with zero attached hydrogens (tertiary/aromatic N) is 2. The van der Waals surface area contributed by atoms with E-state index in [1.54, 1.807) is 0 Å². The summed E-state index contributed by atoms with van der Waals surface area (Å²) in [7, 11) is 0. The van der Waals surface area contributed by atoms with Crippen molar-refractivity contribution in [2.45, 2.75) is 38.5 Å². The van der Waals surface area contributed by atoms with Crippen molar-refractivity contribution in [3.63, 3.8) is 0 Å². The minimum atomic E-state index is -0.0167. The van der Waals surface area contributed by atoms with Crippen molar-refractivity contribution in [2.24, 2.45) is 11.8 Å². The Morgan fingerprint density at radius 3 is 2.14 bits per heavy atom. The fraction of sp³-hybridized carbons (Fsp3) is 0.636. The van der Waals surface area contributed by atoms with E-state index >= 15 is 0 Å². The number of anilines is 2. The molecule has 0 radical (unpaired) electrons. The molecule has 0 aliphatic carbocycles. The Morgan fingerprint density at radius 2 is 1.50 bits per heavy atom. The highest BCUT2D eigenvalue weighted by Crippen LogP contribution is 2.25. The average molecular weight is 386 g/mol. The molecule has 3 fully saturated rings. The van der Waals surface area contributed by atoms with Crippen LogP contribution in [0.1, 0.15) is 38.5 Å². The maximum absolute atomic E-state index is 12.6. The van der Waals surface area contributed by atoms with Gasteiger partial charge in [0.15, 0.2) is 0 Å². The lowest BCUT2D eigenvalue weighted by Gasteiger charge is -2.34. The number of piperidine rings is 1. The van der Waals surface area contributed by atoms with Gasteiger partial charge in [0.25, 0.3) is 0 Å². The number of benzene rings is 1. The number of carbonyl (C=O) groups excluding carboxylic acids is 2. The summed E-state index contributed by atoms with van der Waals surface area (Å²) < 4.78 is 5.35. The van der Waals surface area contributed by atoms with E-state index in [2.05, 4.69) is 22.3 Å². The summed E-state index contributed by atoms with van der Waals surface area (Å²) in [4.78, 5) is 29.6. The van der Waals surface area contributed by atoms with E-state index in [0.29, 0.717) is 26.3 Å². The zero-order valence-corrected chi connectivity index (χ0v) is 16.6. The number of nitrogens with one attached hydrogen (secondary N) is 1. The molecule has 1 aromatic carbocycles. The van der Waals surface area contributed by atoms with Crippen LogP contribution in [0.15, 0.2) is 24.3 Å². The van der Waals surface area contributed by atoms with Crippen LogP contribution in [0, 0.1) is 11.8 Å². The Morgan fingerprint density at radius 1 is 0.857 bits per heavy atom. The van der Waals surface area contributed by atoms with Gasteiger partial charge in [-0.15, -0.1) is 0 Å². The minimum Gasteiger partial charge on any atom is -0.381 e. The minimum absolute atomic E-state index is 0.0167. The SMILES string of the molecule is O=C(Nc1ccc(N2CCCC2)cc1)C1CCN(C(=O)C2CCOCC2)CC1. The fourth-order valence-corrected chi connectivity index (χ4v) is 4.54. The molecule has 3 heterocycles. The second-order valence-corrected chi connectivity index (χ2v) is 8.22. The molecule has 0 bridgehead atoms. The van der Waals surface area contributed by atoms with E-state index < -0.39 is 0 Å². The van der Waals surface area contributed by atoms with Crippen LogP contribution in [0.4, 0.5) is 11.4 Å². The molecule has 0 saturated carbocycles. The van der Waals surface area contributed by atoms with Gasteiger partial charge in [0.2, 0.25) is 11.8 Å². The third-order valence-corrected chi connectivity index (χ3v) is 6.35. The summed E-state index contributed by atoms with van der Waals surface area (Å²) >= 11 is 0.